The Labute approximate surface area is 191 Å². The van der Waals surface area contributed by atoms with Crippen molar-refractivity contribution < 1.29 is 9.53 Å². The van der Waals surface area contributed by atoms with Gasteiger partial charge in [-0.25, -0.2) is 0 Å². The topological polar surface area (TPSA) is 50.1 Å². The van der Waals surface area contributed by atoms with Crippen molar-refractivity contribution in [1.82, 2.24) is 0 Å². The van der Waals surface area contributed by atoms with Crippen molar-refractivity contribution in [3.63, 3.8) is 0 Å². The van der Waals surface area contributed by atoms with Crippen LogP contribution in [0.3, 0.4) is 0 Å². The van der Waals surface area contributed by atoms with Gasteiger partial charge in [0.1, 0.15) is 0 Å². The summed E-state index contributed by atoms with van der Waals surface area (Å²) in [4.78, 5) is 12.2. The van der Waals surface area contributed by atoms with Crippen LogP contribution in [0.5, 0.6) is 0 Å². The highest BCUT2D eigenvalue weighted by molar-refractivity contribution is 5.93. The number of methoxy groups -OCH3 is 1. The molecular formula is C29H33NO2. The molecule has 166 valence electrons. The molecular weight excluding hydrogens is 394 g/mol. The molecule has 1 aromatic rings. The van der Waals surface area contributed by atoms with Crippen LogP contribution in [-0.2, 0) is 9.53 Å². The van der Waals surface area contributed by atoms with Crippen LogP contribution < -0.4 is 0 Å². The number of benzene rings is 1. The van der Waals surface area contributed by atoms with E-state index in [4.69, 9.17) is 10.00 Å². The molecule has 4 aliphatic carbocycles. The van der Waals surface area contributed by atoms with Crippen LogP contribution in [0, 0.1) is 28.6 Å². The summed E-state index contributed by atoms with van der Waals surface area (Å²) in [5.41, 5.74) is 6.87. The third kappa shape index (κ3) is 3.15. The lowest BCUT2D eigenvalue weighted by atomic mass is 9.51. The number of fused-ring (bicyclic) bond motifs is 4. The minimum Gasteiger partial charge on any atom is -0.378 e. The van der Waals surface area contributed by atoms with E-state index in [1.54, 1.807) is 5.57 Å². The average Bonchev–Trinajstić information content (AvgIpc) is 3.08. The molecule has 0 amide bonds. The molecule has 0 radical (unpaired) electrons. The van der Waals surface area contributed by atoms with Crippen molar-refractivity contribution in [3.8, 4) is 6.07 Å². The maximum Gasteiger partial charge on any atom is 0.156 e. The fourth-order valence-corrected chi connectivity index (χ4v) is 7.47. The van der Waals surface area contributed by atoms with Crippen LogP contribution in [0.1, 0.15) is 75.8 Å². The lowest BCUT2D eigenvalue weighted by molar-refractivity contribution is -0.114. The van der Waals surface area contributed by atoms with Gasteiger partial charge in [-0.15, -0.1) is 0 Å². The van der Waals surface area contributed by atoms with Gasteiger partial charge >= 0.3 is 0 Å². The van der Waals surface area contributed by atoms with Crippen molar-refractivity contribution in [2.75, 3.05) is 7.11 Å². The summed E-state index contributed by atoms with van der Waals surface area (Å²) in [6, 6.07) is 10.8. The minimum absolute atomic E-state index is 0.0970. The predicted molar refractivity (Wildman–Crippen MR) is 127 cm³/mol. The van der Waals surface area contributed by atoms with Gasteiger partial charge in [-0.2, -0.15) is 5.26 Å². The largest absolute Gasteiger partial charge is 0.378 e. The minimum atomic E-state index is -0.0970. The average molecular weight is 428 g/mol. The predicted octanol–water partition coefficient (Wildman–Crippen LogP) is 6.53. The fourth-order valence-electron chi connectivity index (χ4n) is 7.47. The Balaban J connectivity index is 1.64. The maximum atomic E-state index is 12.2. The molecule has 3 nitrogen and oxygen atoms in total. The second kappa shape index (κ2) is 7.85. The maximum absolute atomic E-state index is 12.2. The summed E-state index contributed by atoms with van der Waals surface area (Å²) in [5, 5.41) is 8.85. The van der Waals surface area contributed by atoms with Crippen molar-refractivity contribution in [2.45, 2.75) is 70.3 Å². The number of carbonyl (C=O) groups excluding carboxylic acids is 1. The van der Waals surface area contributed by atoms with E-state index in [0.29, 0.717) is 30.0 Å². The van der Waals surface area contributed by atoms with Crippen molar-refractivity contribution in [3.05, 3.63) is 64.3 Å². The zero-order chi connectivity index (χ0) is 22.5. The molecule has 0 aliphatic heterocycles. The first-order chi connectivity index (χ1) is 15.4. The van der Waals surface area contributed by atoms with Crippen molar-refractivity contribution >= 4 is 11.9 Å². The standard InChI is InChI=1S/C29H33NO2/c1-28-18-25(20-8-6-19(7-9-20)5-4-16-30)27-23-13-11-22(31)17-21(23)10-12-24(27)26(28)14-15-29(28,2)32-3/h4-9,17,24-26H,10-15,18H2,1-3H3. The van der Waals surface area contributed by atoms with Crippen molar-refractivity contribution in [1.29, 1.82) is 5.26 Å². The molecule has 3 heteroatoms. The molecule has 5 unspecified atom stereocenters. The Morgan fingerprint density at radius 3 is 2.62 bits per heavy atom. The zero-order valence-electron chi connectivity index (χ0n) is 19.5. The van der Waals surface area contributed by atoms with Crippen LogP contribution in [-0.4, -0.2) is 18.5 Å². The first kappa shape index (κ1) is 21.4. The number of nitrogens with zero attached hydrogens (tertiary/aromatic N) is 1. The smallest absolute Gasteiger partial charge is 0.156 e. The molecule has 0 bridgehead atoms. The number of hydrogen-bond donors (Lipinski definition) is 0. The van der Waals surface area contributed by atoms with Crippen molar-refractivity contribution in [2.24, 2.45) is 17.3 Å². The van der Waals surface area contributed by atoms with Gasteiger partial charge in [-0.05, 0) is 91.7 Å². The van der Waals surface area contributed by atoms with E-state index in [1.807, 2.05) is 19.3 Å². The molecule has 4 aliphatic rings. The van der Waals surface area contributed by atoms with Crippen LogP contribution >= 0.6 is 0 Å². The third-order valence-electron chi connectivity index (χ3n) is 9.40. The van der Waals surface area contributed by atoms with Crippen LogP contribution in [0.4, 0.5) is 0 Å². The number of ketones is 1. The molecule has 32 heavy (non-hydrogen) atoms. The Morgan fingerprint density at radius 2 is 1.91 bits per heavy atom. The van der Waals surface area contributed by atoms with Gasteiger partial charge in [0.2, 0.25) is 0 Å². The Hall–Kier alpha value is -2.44. The quantitative estimate of drug-likeness (QED) is 0.515. The lowest BCUT2D eigenvalue weighted by Gasteiger charge is -2.55. The fraction of sp³-hybridized carbons (Fsp3) is 0.517. The first-order valence-electron chi connectivity index (χ1n) is 12.1. The number of ether oxygens (including phenoxy) is 1. The molecule has 0 spiro atoms. The SMILES string of the molecule is COC1(C)CCC2C3CCC4=CC(=O)CCC4=C3C(c3ccc(C=CC#N)cc3)CC21C. The molecule has 1 aromatic carbocycles. The van der Waals surface area contributed by atoms with E-state index in [2.05, 4.69) is 44.2 Å². The molecule has 0 aromatic heterocycles. The lowest BCUT2D eigenvalue weighted by Crippen LogP contribution is -2.51. The number of carbonyl (C=O) groups is 1. The summed E-state index contributed by atoms with van der Waals surface area (Å²) in [7, 11) is 1.89. The van der Waals surface area contributed by atoms with Crippen LogP contribution in [0.25, 0.3) is 6.08 Å². The summed E-state index contributed by atoms with van der Waals surface area (Å²) in [6.45, 7) is 4.80. The van der Waals surface area contributed by atoms with E-state index in [0.717, 1.165) is 37.7 Å². The molecule has 2 saturated carbocycles. The highest BCUT2D eigenvalue weighted by Crippen LogP contribution is 2.67. The normalized spacial score (nSPS) is 36.4. The Morgan fingerprint density at radius 1 is 1.12 bits per heavy atom. The second-order valence-corrected chi connectivity index (χ2v) is 10.6. The van der Waals surface area contributed by atoms with Gasteiger partial charge in [0.15, 0.2) is 5.78 Å². The Kier molecular flexibility index (Phi) is 5.25. The summed E-state index contributed by atoms with van der Waals surface area (Å²) in [6.07, 6.45) is 12.5. The van der Waals surface area contributed by atoms with E-state index in [9.17, 15) is 4.79 Å². The molecule has 0 heterocycles. The second-order valence-electron chi connectivity index (χ2n) is 10.6. The van der Waals surface area contributed by atoms with Gasteiger partial charge in [-0.1, -0.05) is 36.8 Å². The van der Waals surface area contributed by atoms with Gasteiger partial charge in [0, 0.05) is 30.9 Å². The van der Waals surface area contributed by atoms with E-state index < -0.39 is 0 Å². The van der Waals surface area contributed by atoms with Gasteiger partial charge < -0.3 is 4.74 Å². The summed E-state index contributed by atoms with van der Waals surface area (Å²) < 4.78 is 6.21. The van der Waals surface area contributed by atoms with E-state index in [1.165, 1.54) is 29.2 Å². The molecule has 0 saturated heterocycles. The van der Waals surface area contributed by atoms with Gasteiger partial charge in [0.05, 0.1) is 11.7 Å². The molecule has 2 fully saturated rings. The van der Waals surface area contributed by atoms with E-state index >= 15 is 0 Å². The Bertz CT molecular complexity index is 1070. The first-order valence-corrected chi connectivity index (χ1v) is 12.1. The van der Waals surface area contributed by atoms with Gasteiger partial charge in [-0.3, -0.25) is 4.79 Å². The van der Waals surface area contributed by atoms with Crippen LogP contribution in [0.15, 0.2) is 53.1 Å². The number of nitriles is 1. The summed E-state index contributed by atoms with van der Waals surface area (Å²) in [5.74, 6) is 1.87. The number of rotatable bonds is 3. The number of hydrogen-bond acceptors (Lipinski definition) is 3. The van der Waals surface area contributed by atoms with Crippen LogP contribution in [0.2, 0.25) is 0 Å². The monoisotopic (exact) mass is 427 g/mol. The third-order valence-corrected chi connectivity index (χ3v) is 9.40. The highest BCUT2D eigenvalue weighted by Gasteiger charge is 2.61. The molecule has 5 atom stereocenters. The summed E-state index contributed by atoms with van der Waals surface area (Å²) >= 11 is 0. The highest BCUT2D eigenvalue weighted by atomic mass is 16.5. The zero-order valence-corrected chi connectivity index (χ0v) is 19.5. The van der Waals surface area contributed by atoms with Gasteiger partial charge in [0.25, 0.3) is 0 Å². The number of allylic oxidation sites excluding steroid dienone is 5. The molecule has 0 N–H and O–H groups in total. The molecule has 5 rings (SSSR count). The van der Waals surface area contributed by atoms with E-state index in [-0.39, 0.29) is 11.0 Å².